The van der Waals surface area contributed by atoms with E-state index in [1.165, 1.54) is 0 Å². The molecule has 25 heavy (non-hydrogen) atoms. The van der Waals surface area contributed by atoms with Gasteiger partial charge < -0.3 is 16.0 Å². The van der Waals surface area contributed by atoms with E-state index in [0.717, 1.165) is 25.1 Å². The summed E-state index contributed by atoms with van der Waals surface area (Å²) in [7, 11) is 1.71. The summed E-state index contributed by atoms with van der Waals surface area (Å²) in [5, 5.41) is 13.3. The fourth-order valence-electron chi connectivity index (χ4n) is 2.14. The van der Waals surface area contributed by atoms with Gasteiger partial charge in [0.05, 0.1) is 0 Å². The summed E-state index contributed by atoms with van der Waals surface area (Å²) >= 11 is 0. The van der Waals surface area contributed by atoms with Crippen molar-refractivity contribution in [3.05, 3.63) is 42.4 Å². The quantitative estimate of drug-likeness (QED) is 0.380. The number of nitrogens with zero attached hydrogens (tertiary/aromatic N) is 4. The minimum absolute atomic E-state index is 0.0852. The molecule has 2 aromatic rings. The van der Waals surface area contributed by atoms with Gasteiger partial charge >= 0.3 is 0 Å². The molecule has 2 heterocycles. The molecule has 0 saturated carbocycles. The van der Waals surface area contributed by atoms with Gasteiger partial charge in [-0.2, -0.15) is 5.10 Å². The second kappa shape index (κ2) is 10.1. The van der Waals surface area contributed by atoms with E-state index in [2.05, 4.69) is 31.0 Å². The summed E-state index contributed by atoms with van der Waals surface area (Å²) in [6, 6.07) is 5.61. The molecule has 0 aliphatic heterocycles. The number of aromatic nitrogens is 3. The third-order valence-electron chi connectivity index (χ3n) is 3.46. The number of aryl methyl sites for hydroxylation is 2. The Balaban J connectivity index is 1.59. The Morgan fingerprint density at radius 2 is 2.12 bits per heavy atom. The third-order valence-corrected chi connectivity index (χ3v) is 3.46. The second-order valence-corrected chi connectivity index (χ2v) is 5.57. The molecule has 0 atom stereocenters. The van der Waals surface area contributed by atoms with Gasteiger partial charge in [-0.1, -0.05) is 6.07 Å². The number of pyridine rings is 1. The molecule has 8 heteroatoms. The Labute approximate surface area is 147 Å². The lowest BCUT2D eigenvalue weighted by atomic mass is 10.3. The number of carbonyl (C=O) groups is 1. The minimum atomic E-state index is -0.0852. The maximum atomic E-state index is 11.9. The molecule has 0 aromatic carbocycles. The van der Waals surface area contributed by atoms with Crippen LogP contribution in [0.15, 0.2) is 41.8 Å². The average Bonchev–Trinajstić information content (AvgIpc) is 3.12. The Morgan fingerprint density at radius 3 is 2.80 bits per heavy atom. The summed E-state index contributed by atoms with van der Waals surface area (Å²) in [6.45, 7) is 4.08. The van der Waals surface area contributed by atoms with Crippen molar-refractivity contribution in [3.63, 3.8) is 0 Å². The number of rotatable bonds is 8. The number of guanidine groups is 1. The number of hydrogen-bond acceptors (Lipinski definition) is 4. The Hall–Kier alpha value is -2.90. The molecule has 0 radical (unpaired) electrons. The fraction of sp³-hybridized carbons (Fsp3) is 0.412. The van der Waals surface area contributed by atoms with Crippen LogP contribution in [0.5, 0.6) is 0 Å². The van der Waals surface area contributed by atoms with Gasteiger partial charge in [-0.15, -0.1) is 0 Å². The first-order valence-corrected chi connectivity index (χ1v) is 8.32. The van der Waals surface area contributed by atoms with Crippen molar-refractivity contribution in [2.45, 2.75) is 26.3 Å². The molecule has 0 aliphatic carbocycles. The zero-order valence-corrected chi connectivity index (χ0v) is 14.7. The molecule has 2 rings (SSSR count). The average molecular weight is 343 g/mol. The molecule has 2 aromatic heterocycles. The summed E-state index contributed by atoms with van der Waals surface area (Å²) in [5.74, 6) is 1.16. The topological polar surface area (TPSA) is 96.2 Å². The first-order chi connectivity index (χ1) is 12.2. The predicted octanol–water partition coefficient (Wildman–Crippen LogP) is 1.17. The van der Waals surface area contributed by atoms with E-state index in [1.54, 1.807) is 25.5 Å². The van der Waals surface area contributed by atoms with Crippen molar-refractivity contribution in [1.29, 1.82) is 0 Å². The first-order valence-electron chi connectivity index (χ1n) is 8.32. The van der Waals surface area contributed by atoms with E-state index in [4.69, 9.17) is 0 Å². The van der Waals surface area contributed by atoms with Gasteiger partial charge in [-0.3, -0.25) is 14.5 Å². The predicted molar refractivity (Wildman–Crippen MR) is 98.4 cm³/mol. The molecular formula is C17H25N7O. The summed E-state index contributed by atoms with van der Waals surface area (Å²) in [4.78, 5) is 20.2. The second-order valence-electron chi connectivity index (χ2n) is 5.57. The third kappa shape index (κ3) is 7.03. The van der Waals surface area contributed by atoms with Gasteiger partial charge in [-0.05, 0) is 31.0 Å². The molecule has 0 unspecified atom stereocenters. The van der Waals surface area contributed by atoms with Crippen molar-refractivity contribution in [3.8, 4) is 0 Å². The lowest BCUT2D eigenvalue weighted by Gasteiger charge is -2.12. The van der Waals surface area contributed by atoms with E-state index in [1.807, 2.05) is 29.9 Å². The fourth-order valence-corrected chi connectivity index (χ4v) is 2.14. The van der Waals surface area contributed by atoms with E-state index in [0.29, 0.717) is 24.7 Å². The van der Waals surface area contributed by atoms with E-state index in [-0.39, 0.29) is 5.91 Å². The molecule has 8 nitrogen and oxygen atoms in total. The van der Waals surface area contributed by atoms with Crippen LogP contribution >= 0.6 is 0 Å². The summed E-state index contributed by atoms with van der Waals surface area (Å²) < 4.78 is 1.89. The Bertz CT molecular complexity index is 665. The van der Waals surface area contributed by atoms with E-state index >= 15 is 0 Å². The Morgan fingerprint density at radius 1 is 1.28 bits per heavy atom. The Kier molecular flexibility index (Phi) is 7.42. The molecule has 0 bridgehead atoms. The number of aliphatic imine (C=N–C) groups is 1. The summed E-state index contributed by atoms with van der Waals surface area (Å²) in [5.41, 5.74) is 1.06. The molecule has 134 valence electrons. The van der Waals surface area contributed by atoms with Crippen LogP contribution in [0.3, 0.4) is 0 Å². The molecule has 0 spiro atoms. The van der Waals surface area contributed by atoms with Crippen LogP contribution in [0.4, 0.5) is 5.82 Å². The zero-order chi connectivity index (χ0) is 17.9. The van der Waals surface area contributed by atoms with Crippen LogP contribution in [-0.4, -0.2) is 46.8 Å². The van der Waals surface area contributed by atoms with Crippen LogP contribution in [0, 0.1) is 6.92 Å². The maximum Gasteiger partial charge on any atom is 0.227 e. The van der Waals surface area contributed by atoms with Crippen molar-refractivity contribution >= 4 is 17.7 Å². The number of carbonyl (C=O) groups excluding carboxylic acids is 1. The van der Waals surface area contributed by atoms with Gasteiger partial charge in [0.15, 0.2) is 5.96 Å². The normalized spacial score (nSPS) is 11.2. The molecule has 0 saturated heterocycles. The monoisotopic (exact) mass is 343 g/mol. The van der Waals surface area contributed by atoms with E-state index in [9.17, 15) is 4.79 Å². The van der Waals surface area contributed by atoms with Gasteiger partial charge in [0.25, 0.3) is 0 Å². The first kappa shape index (κ1) is 18.4. The number of hydrogen-bond donors (Lipinski definition) is 3. The maximum absolute atomic E-state index is 11.9. The van der Waals surface area contributed by atoms with Crippen LogP contribution in [0.2, 0.25) is 0 Å². The number of anilines is 1. The number of nitrogens with one attached hydrogen (secondary N) is 3. The lowest BCUT2D eigenvalue weighted by molar-refractivity contribution is -0.116. The summed E-state index contributed by atoms with van der Waals surface area (Å²) in [6.07, 6.45) is 6.70. The van der Waals surface area contributed by atoms with Crippen LogP contribution in [0.1, 0.15) is 18.4 Å². The highest BCUT2D eigenvalue weighted by atomic mass is 16.1. The zero-order valence-electron chi connectivity index (χ0n) is 14.7. The van der Waals surface area contributed by atoms with Crippen molar-refractivity contribution in [2.24, 2.45) is 4.99 Å². The van der Waals surface area contributed by atoms with Crippen molar-refractivity contribution < 1.29 is 4.79 Å². The molecular weight excluding hydrogens is 318 g/mol. The van der Waals surface area contributed by atoms with Gasteiger partial charge in [0.2, 0.25) is 5.91 Å². The molecule has 0 fully saturated rings. The highest BCUT2D eigenvalue weighted by Crippen LogP contribution is 2.03. The minimum Gasteiger partial charge on any atom is -0.356 e. The van der Waals surface area contributed by atoms with Gasteiger partial charge in [-0.25, -0.2) is 4.98 Å². The highest BCUT2D eigenvalue weighted by molar-refractivity contribution is 5.90. The number of amides is 1. The van der Waals surface area contributed by atoms with E-state index < -0.39 is 0 Å². The SMILES string of the molecule is CN=C(NCCCn1cccn1)NCCC(=O)Nc1ccc(C)cn1. The van der Waals surface area contributed by atoms with Crippen LogP contribution < -0.4 is 16.0 Å². The molecule has 3 N–H and O–H groups in total. The molecule has 1 amide bonds. The van der Waals surface area contributed by atoms with Crippen molar-refractivity contribution in [1.82, 2.24) is 25.4 Å². The standard InChI is InChI=1S/C17H25N7O/c1-14-5-6-15(21-13-14)23-16(25)7-10-20-17(18-2)19-8-3-11-24-12-4-9-22-24/h4-6,9,12-13H,3,7-8,10-11H2,1-2H3,(H2,18,19,20)(H,21,23,25). The van der Waals surface area contributed by atoms with Crippen LogP contribution in [0.25, 0.3) is 0 Å². The van der Waals surface area contributed by atoms with Crippen LogP contribution in [-0.2, 0) is 11.3 Å². The van der Waals surface area contributed by atoms with Crippen molar-refractivity contribution in [2.75, 3.05) is 25.5 Å². The van der Waals surface area contributed by atoms with Gasteiger partial charge in [0, 0.05) is 51.7 Å². The largest absolute Gasteiger partial charge is 0.356 e. The molecule has 0 aliphatic rings. The lowest BCUT2D eigenvalue weighted by Crippen LogP contribution is -2.39. The smallest absolute Gasteiger partial charge is 0.227 e. The highest BCUT2D eigenvalue weighted by Gasteiger charge is 2.04. The van der Waals surface area contributed by atoms with Gasteiger partial charge in [0.1, 0.15) is 5.82 Å².